The molecule has 82 valence electrons. The summed E-state index contributed by atoms with van der Waals surface area (Å²) < 4.78 is 5.46. The fourth-order valence-corrected chi connectivity index (χ4v) is 2.23. The second-order valence-electron chi connectivity index (χ2n) is 3.26. The van der Waals surface area contributed by atoms with Crippen molar-refractivity contribution in [3.05, 3.63) is 41.9 Å². The van der Waals surface area contributed by atoms with Crippen LogP contribution in [0.25, 0.3) is 10.9 Å². The van der Waals surface area contributed by atoms with Crippen LogP contribution in [-0.2, 0) is 0 Å². The molecule has 1 heterocycles. The molecule has 2 rings (SSSR count). The Morgan fingerprint density at radius 3 is 2.88 bits per heavy atom. The van der Waals surface area contributed by atoms with Crippen molar-refractivity contribution in [2.45, 2.75) is 11.8 Å². The van der Waals surface area contributed by atoms with E-state index >= 15 is 0 Å². The van der Waals surface area contributed by atoms with Gasteiger partial charge in [0.2, 0.25) is 0 Å². The molecule has 0 saturated carbocycles. The quantitative estimate of drug-likeness (QED) is 0.749. The summed E-state index contributed by atoms with van der Waals surface area (Å²) in [7, 11) is 1.70. The van der Waals surface area contributed by atoms with Crippen LogP contribution in [0.15, 0.2) is 46.8 Å². The van der Waals surface area contributed by atoms with Gasteiger partial charge in [-0.1, -0.05) is 30.0 Å². The Hall–Kier alpha value is -1.48. The normalized spacial score (nSPS) is 11.1. The number of allylic oxidation sites excluding steroid dienone is 1. The van der Waals surface area contributed by atoms with Gasteiger partial charge in [-0.15, -0.1) is 0 Å². The summed E-state index contributed by atoms with van der Waals surface area (Å²) >= 11 is 1.62. The maximum atomic E-state index is 5.46. The minimum atomic E-state index is 0.897. The molecule has 0 radical (unpaired) electrons. The summed E-state index contributed by atoms with van der Waals surface area (Å²) in [6.07, 6.45) is 3.85. The first-order valence-electron chi connectivity index (χ1n) is 5.06. The van der Waals surface area contributed by atoms with E-state index in [4.69, 9.17) is 4.74 Å². The van der Waals surface area contributed by atoms with E-state index in [0.29, 0.717) is 0 Å². The van der Waals surface area contributed by atoms with Gasteiger partial charge in [0, 0.05) is 11.6 Å². The second-order valence-corrected chi connectivity index (χ2v) is 4.21. The van der Waals surface area contributed by atoms with Crippen molar-refractivity contribution in [1.29, 1.82) is 0 Å². The Morgan fingerprint density at radius 1 is 1.31 bits per heavy atom. The number of hydrogen-bond donors (Lipinski definition) is 0. The first-order chi connectivity index (χ1) is 7.86. The number of benzene rings is 1. The maximum absolute atomic E-state index is 5.46. The molecule has 2 nitrogen and oxygen atoms in total. The average molecular weight is 231 g/mol. The topological polar surface area (TPSA) is 22.1 Å². The van der Waals surface area contributed by atoms with Gasteiger partial charge >= 0.3 is 0 Å². The van der Waals surface area contributed by atoms with Crippen LogP contribution in [0.1, 0.15) is 6.92 Å². The number of rotatable bonds is 3. The number of methoxy groups -OCH3 is 1. The van der Waals surface area contributed by atoms with E-state index in [1.807, 2.05) is 48.9 Å². The molecule has 0 fully saturated rings. The van der Waals surface area contributed by atoms with E-state index in [0.717, 1.165) is 21.5 Å². The number of thioether (sulfide) groups is 1. The van der Waals surface area contributed by atoms with Crippen molar-refractivity contribution in [3.8, 4) is 5.75 Å². The summed E-state index contributed by atoms with van der Waals surface area (Å²) in [4.78, 5) is 5.45. The molecule has 0 bridgehead atoms. The Kier molecular flexibility index (Phi) is 3.47. The van der Waals surface area contributed by atoms with Crippen molar-refractivity contribution in [2.24, 2.45) is 0 Å². The third-order valence-corrected chi connectivity index (χ3v) is 3.18. The van der Waals surface area contributed by atoms with Crippen LogP contribution in [0.4, 0.5) is 0 Å². The first kappa shape index (κ1) is 11.0. The minimum Gasteiger partial charge on any atom is -0.495 e. The Balaban J connectivity index is 2.58. The van der Waals surface area contributed by atoms with Crippen LogP contribution in [0.5, 0.6) is 5.75 Å². The minimum absolute atomic E-state index is 0.897. The van der Waals surface area contributed by atoms with E-state index in [-0.39, 0.29) is 0 Å². The summed E-state index contributed by atoms with van der Waals surface area (Å²) in [6.45, 7) is 1.99. The van der Waals surface area contributed by atoms with Crippen LogP contribution in [0.2, 0.25) is 0 Å². The molecular formula is C13H13NOS. The highest BCUT2D eigenvalue weighted by Gasteiger charge is 2.07. The molecule has 0 saturated heterocycles. The molecule has 0 spiro atoms. The standard InChI is InChI=1S/C13H13NOS/c1-3-8-16-12-9-14-11-7-5-4-6-10(11)13(12)15-2/h3-9H,1-2H3/b8-3+. The van der Waals surface area contributed by atoms with Crippen molar-refractivity contribution >= 4 is 22.7 Å². The molecule has 1 aromatic carbocycles. The van der Waals surface area contributed by atoms with Gasteiger partial charge in [0.1, 0.15) is 5.75 Å². The Morgan fingerprint density at radius 2 is 2.12 bits per heavy atom. The fraction of sp³-hybridized carbons (Fsp3) is 0.154. The lowest BCUT2D eigenvalue weighted by Crippen LogP contribution is -1.89. The smallest absolute Gasteiger partial charge is 0.143 e. The van der Waals surface area contributed by atoms with Gasteiger partial charge in [-0.05, 0) is 24.5 Å². The Bertz CT molecular complexity index is 522. The zero-order valence-electron chi connectivity index (χ0n) is 9.31. The third kappa shape index (κ3) is 2.04. The molecule has 3 heteroatoms. The lowest BCUT2D eigenvalue weighted by atomic mass is 10.2. The monoisotopic (exact) mass is 231 g/mol. The van der Waals surface area contributed by atoms with Gasteiger partial charge in [0.15, 0.2) is 0 Å². The zero-order valence-corrected chi connectivity index (χ0v) is 10.1. The molecular weight excluding hydrogens is 218 g/mol. The van der Waals surface area contributed by atoms with Gasteiger partial charge < -0.3 is 4.74 Å². The summed E-state index contributed by atoms with van der Waals surface area (Å²) in [5.74, 6) is 0.897. The van der Waals surface area contributed by atoms with Crippen molar-refractivity contribution in [1.82, 2.24) is 4.98 Å². The number of nitrogens with zero attached hydrogens (tertiary/aromatic N) is 1. The van der Waals surface area contributed by atoms with Gasteiger partial charge in [0.25, 0.3) is 0 Å². The molecule has 0 N–H and O–H groups in total. The third-order valence-electron chi connectivity index (χ3n) is 2.23. The fourth-order valence-electron chi connectivity index (χ4n) is 1.53. The average Bonchev–Trinajstić information content (AvgIpc) is 2.35. The van der Waals surface area contributed by atoms with Crippen LogP contribution < -0.4 is 4.74 Å². The van der Waals surface area contributed by atoms with E-state index in [9.17, 15) is 0 Å². The van der Waals surface area contributed by atoms with Gasteiger partial charge in [-0.2, -0.15) is 0 Å². The van der Waals surface area contributed by atoms with Crippen LogP contribution in [0, 0.1) is 0 Å². The van der Waals surface area contributed by atoms with Crippen molar-refractivity contribution in [3.63, 3.8) is 0 Å². The molecule has 2 aromatic rings. The van der Waals surface area contributed by atoms with Crippen LogP contribution >= 0.6 is 11.8 Å². The largest absolute Gasteiger partial charge is 0.495 e. The molecule has 1 aromatic heterocycles. The number of fused-ring (bicyclic) bond motifs is 1. The van der Waals surface area contributed by atoms with Gasteiger partial charge in [-0.3, -0.25) is 4.98 Å². The molecule has 0 amide bonds. The summed E-state index contributed by atoms with van der Waals surface area (Å²) in [5.41, 5.74) is 0.962. The van der Waals surface area contributed by atoms with E-state index < -0.39 is 0 Å². The lowest BCUT2D eigenvalue weighted by molar-refractivity contribution is 0.409. The second kappa shape index (κ2) is 5.03. The SMILES string of the molecule is C/C=C/Sc1cnc2ccccc2c1OC. The van der Waals surface area contributed by atoms with E-state index in [1.165, 1.54) is 0 Å². The van der Waals surface area contributed by atoms with E-state index in [1.54, 1.807) is 18.9 Å². The molecule has 0 atom stereocenters. The number of aromatic nitrogens is 1. The molecule has 16 heavy (non-hydrogen) atoms. The lowest BCUT2D eigenvalue weighted by Gasteiger charge is -2.08. The van der Waals surface area contributed by atoms with Crippen LogP contribution in [-0.4, -0.2) is 12.1 Å². The Labute approximate surface area is 99.3 Å². The highest BCUT2D eigenvalue weighted by molar-refractivity contribution is 8.02. The van der Waals surface area contributed by atoms with Crippen LogP contribution in [0.3, 0.4) is 0 Å². The summed E-state index contributed by atoms with van der Waals surface area (Å²) in [5, 5.41) is 3.08. The highest BCUT2D eigenvalue weighted by atomic mass is 32.2. The predicted octanol–water partition coefficient (Wildman–Crippen LogP) is 3.87. The highest BCUT2D eigenvalue weighted by Crippen LogP contribution is 2.35. The zero-order chi connectivity index (χ0) is 11.4. The number of hydrogen-bond acceptors (Lipinski definition) is 3. The van der Waals surface area contributed by atoms with Gasteiger partial charge in [0.05, 0.1) is 17.5 Å². The predicted molar refractivity (Wildman–Crippen MR) is 69.0 cm³/mol. The molecule has 0 aliphatic carbocycles. The van der Waals surface area contributed by atoms with Crippen molar-refractivity contribution in [2.75, 3.05) is 7.11 Å². The van der Waals surface area contributed by atoms with E-state index in [2.05, 4.69) is 4.98 Å². The van der Waals surface area contributed by atoms with Gasteiger partial charge in [-0.25, -0.2) is 0 Å². The number of pyridine rings is 1. The maximum Gasteiger partial charge on any atom is 0.143 e. The molecule has 0 aliphatic rings. The molecule has 0 unspecified atom stereocenters. The summed E-state index contributed by atoms with van der Waals surface area (Å²) in [6, 6.07) is 7.99. The molecule has 0 aliphatic heterocycles. The number of ether oxygens (including phenoxy) is 1. The first-order valence-corrected chi connectivity index (χ1v) is 5.94. The van der Waals surface area contributed by atoms with Crippen molar-refractivity contribution < 1.29 is 4.74 Å². The number of para-hydroxylation sites is 1.